The molecule has 4 aromatic carbocycles. The third-order valence-corrected chi connectivity index (χ3v) is 10.5. The van der Waals surface area contributed by atoms with Crippen LogP contribution in [0.1, 0.15) is 22.3 Å². The van der Waals surface area contributed by atoms with E-state index in [4.69, 9.17) is 9.47 Å². The van der Waals surface area contributed by atoms with E-state index in [0.29, 0.717) is 69.4 Å². The van der Waals surface area contributed by atoms with E-state index in [-0.39, 0.29) is 19.0 Å². The van der Waals surface area contributed by atoms with E-state index in [1.807, 2.05) is 95.8 Å². The van der Waals surface area contributed by atoms with Crippen LogP contribution in [0.4, 0.5) is 8.78 Å². The molecule has 5 heterocycles. The van der Waals surface area contributed by atoms with Crippen molar-refractivity contribution < 1.29 is 23.0 Å². The number of para-hydroxylation sites is 2. The molecule has 1 aliphatic heterocycles. The number of nitrogens with zero attached hydrogens (tertiary/aromatic N) is 5. The molecule has 0 bridgehead atoms. The summed E-state index contributed by atoms with van der Waals surface area (Å²) < 4.78 is 48.0. The van der Waals surface area contributed by atoms with Crippen LogP contribution < -0.4 is 14.8 Å². The Kier molecular flexibility index (Phi) is 9.95. The largest absolute Gasteiger partial charge is 0.440 e. The minimum absolute atomic E-state index is 0. The van der Waals surface area contributed by atoms with Crippen molar-refractivity contribution in [2.24, 2.45) is 0 Å². The predicted octanol–water partition coefficient (Wildman–Crippen LogP) is 9.57. The number of aromatic nitrogens is 4. The van der Waals surface area contributed by atoms with Crippen LogP contribution in [0.25, 0.3) is 33.2 Å². The molecule has 0 aliphatic carbocycles. The second-order valence-corrected chi connectivity index (χ2v) is 13.8. The normalized spacial score (nSPS) is 13.7. The molecule has 9 rings (SSSR count). The third-order valence-electron chi connectivity index (χ3n) is 10.5. The number of piperazine rings is 1. The molecule has 1 aliphatic rings. The van der Waals surface area contributed by atoms with Crippen LogP contribution in [0.5, 0.6) is 23.3 Å². The first-order chi connectivity index (χ1) is 27.4. The topological polar surface area (TPSA) is 86.4 Å². The monoisotopic (exact) mass is 782 g/mol. The number of pyridine rings is 2. The van der Waals surface area contributed by atoms with Gasteiger partial charge >= 0.3 is 0 Å². The Morgan fingerprint density at radius 2 is 1.16 bits per heavy atom. The quantitative estimate of drug-likeness (QED) is 0.147. The predicted molar refractivity (Wildman–Crippen MR) is 218 cm³/mol. The van der Waals surface area contributed by atoms with Crippen molar-refractivity contribution >= 4 is 40.6 Å². The lowest BCUT2D eigenvalue weighted by Crippen LogP contribution is -2.59. The molecule has 0 unspecified atom stereocenters. The number of carbonyl (C=O) groups is 1. The molecule has 57 heavy (non-hydrogen) atoms. The van der Waals surface area contributed by atoms with Crippen molar-refractivity contribution in [3.05, 3.63) is 168 Å². The minimum Gasteiger partial charge on any atom is -0.440 e. The summed E-state index contributed by atoms with van der Waals surface area (Å²) in [6, 6.07) is 32.1. The Morgan fingerprint density at radius 1 is 0.684 bits per heavy atom. The number of amides is 1. The summed E-state index contributed by atoms with van der Waals surface area (Å²) >= 11 is 0. The molecule has 0 saturated carbocycles. The fourth-order valence-corrected chi connectivity index (χ4v) is 7.95. The highest BCUT2D eigenvalue weighted by atomic mass is 35.5. The second-order valence-electron chi connectivity index (χ2n) is 13.8. The fraction of sp³-hybridized carbons (Fsp3) is 0.133. The van der Waals surface area contributed by atoms with Crippen molar-refractivity contribution in [2.45, 2.75) is 19.4 Å². The average molecular weight is 783 g/mol. The van der Waals surface area contributed by atoms with Crippen molar-refractivity contribution in [1.82, 2.24) is 29.3 Å². The molecule has 4 aromatic heterocycles. The first kappa shape index (κ1) is 37.4. The van der Waals surface area contributed by atoms with Crippen molar-refractivity contribution in [2.75, 3.05) is 19.6 Å². The highest BCUT2D eigenvalue weighted by Gasteiger charge is 2.51. The molecule has 1 saturated heterocycles. The van der Waals surface area contributed by atoms with Crippen molar-refractivity contribution in [3.63, 3.8) is 0 Å². The lowest BCUT2D eigenvalue weighted by molar-refractivity contribution is -0.124. The van der Waals surface area contributed by atoms with E-state index in [1.54, 1.807) is 41.8 Å². The summed E-state index contributed by atoms with van der Waals surface area (Å²) in [5, 5.41) is 4.97. The Balaban J connectivity index is 0.00000455. The van der Waals surface area contributed by atoms with Crippen molar-refractivity contribution in [1.29, 1.82) is 0 Å². The number of ether oxygens (including phenoxy) is 2. The maximum absolute atomic E-state index is 15.0. The number of hydrogen-bond acceptors (Lipinski definition) is 6. The molecule has 1 N–H and O–H groups in total. The van der Waals surface area contributed by atoms with E-state index in [0.717, 1.165) is 28.8 Å². The van der Waals surface area contributed by atoms with E-state index in [1.165, 1.54) is 24.3 Å². The number of hydrogen-bond donors (Lipinski definition) is 1. The molecule has 286 valence electrons. The van der Waals surface area contributed by atoms with Crippen LogP contribution in [0, 0.1) is 25.5 Å². The van der Waals surface area contributed by atoms with Gasteiger partial charge in [0.1, 0.15) is 28.7 Å². The number of carbonyl (C=O) groups excluding carboxylic acids is 1. The maximum Gasteiger partial charge on any atom is 0.211 e. The highest BCUT2D eigenvalue weighted by molar-refractivity contribution is 5.95. The van der Waals surface area contributed by atoms with Crippen molar-refractivity contribution in [3.8, 4) is 34.6 Å². The maximum atomic E-state index is 15.0. The van der Waals surface area contributed by atoms with Gasteiger partial charge in [-0.15, -0.1) is 12.4 Å². The van der Waals surface area contributed by atoms with Gasteiger partial charge < -0.3 is 19.7 Å². The standard InChI is InChI=1S/C45H36F2N6O3.ClH/c1-29-13-15-31(46)23-39(29)55-43-41(35-25-48-19-17-37(35)52(43)33-9-5-3-6-10-33)45(27-50-21-22-51(45)28-54)42-36-26-49-20-18-38(36)53(34-11-7-4-8-12-34)44(42)56-40-24-32(47)16-14-30(40)2;/h3-20,23-26,28,50H,21-22,27H2,1-2H3;1H. The van der Waals surface area contributed by atoms with Gasteiger partial charge in [0.05, 0.1) is 22.2 Å². The lowest BCUT2D eigenvalue weighted by Gasteiger charge is -2.46. The number of nitrogens with one attached hydrogen (secondary N) is 1. The SMILES string of the molecule is Cc1ccc(F)cc1Oc1c(C2(c3c(Oc4cc(F)ccc4C)n(-c4ccccc4)c4ccncc34)CNCCN2C=O)c2cnccc2n1-c1ccccc1.Cl. The molecular weight excluding hydrogens is 746 g/mol. The Morgan fingerprint density at radius 3 is 1.61 bits per heavy atom. The average Bonchev–Trinajstić information content (AvgIpc) is 3.74. The van der Waals surface area contributed by atoms with Gasteiger partial charge in [-0.05, 0) is 73.5 Å². The zero-order valence-electron chi connectivity index (χ0n) is 31.0. The van der Waals surface area contributed by atoms with Gasteiger partial charge in [-0.25, -0.2) is 8.78 Å². The van der Waals surface area contributed by atoms with Gasteiger partial charge in [-0.3, -0.25) is 23.9 Å². The zero-order valence-corrected chi connectivity index (χ0v) is 31.8. The third kappa shape index (κ3) is 6.25. The summed E-state index contributed by atoms with van der Waals surface area (Å²) in [6.07, 6.45) is 7.79. The Labute approximate surface area is 333 Å². The van der Waals surface area contributed by atoms with Crippen LogP contribution >= 0.6 is 12.4 Å². The molecular formula is C45H37ClF2N6O3. The molecule has 9 nitrogen and oxygen atoms in total. The summed E-state index contributed by atoms with van der Waals surface area (Å²) in [6.45, 7) is 4.72. The van der Waals surface area contributed by atoms with Gasteiger partial charge in [-0.1, -0.05) is 48.5 Å². The van der Waals surface area contributed by atoms with E-state index in [9.17, 15) is 4.79 Å². The first-order valence-corrected chi connectivity index (χ1v) is 18.3. The van der Waals surface area contributed by atoms with Crippen LogP contribution in [0.15, 0.2) is 134 Å². The number of aryl methyl sites for hydroxylation is 2. The van der Waals surface area contributed by atoms with Crippen LogP contribution in [0.2, 0.25) is 0 Å². The van der Waals surface area contributed by atoms with Gasteiger partial charge in [0, 0.05) is 78.7 Å². The number of fused-ring (bicyclic) bond motifs is 2. The first-order valence-electron chi connectivity index (χ1n) is 18.3. The van der Waals surface area contributed by atoms with Gasteiger partial charge in [0.2, 0.25) is 18.2 Å². The summed E-state index contributed by atoms with van der Waals surface area (Å²) in [5.41, 5.74) is 4.23. The molecule has 0 radical (unpaired) electrons. The molecule has 1 amide bonds. The van der Waals surface area contributed by atoms with Crippen LogP contribution in [-0.2, 0) is 10.3 Å². The van der Waals surface area contributed by atoms with Gasteiger partial charge in [0.25, 0.3) is 0 Å². The molecule has 1 fully saturated rings. The zero-order chi connectivity index (χ0) is 38.4. The fourth-order valence-electron chi connectivity index (χ4n) is 7.95. The molecule has 0 spiro atoms. The van der Waals surface area contributed by atoms with Crippen LogP contribution in [0.3, 0.4) is 0 Å². The molecule has 12 heteroatoms. The molecule has 0 atom stereocenters. The smallest absolute Gasteiger partial charge is 0.211 e. The number of benzene rings is 4. The van der Waals surface area contributed by atoms with Gasteiger partial charge in [-0.2, -0.15) is 0 Å². The number of rotatable bonds is 9. The van der Waals surface area contributed by atoms with E-state index >= 15 is 8.78 Å². The Hall–Kier alpha value is -6.56. The highest BCUT2D eigenvalue weighted by Crippen LogP contribution is 2.54. The Bertz CT molecular complexity index is 2580. The van der Waals surface area contributed by atoms with E-state index in [2.05, 4.69) is 15.3 Å². The van der Waals surface area contributed by atoms with Gasteiger partial charge in [0.15, 0.2) is 0 Å². The summed E-state index contributed by atoms with van der Waals surface area (Å²) in [4.78, 5) is 24.7. The number of halogens is 3. The van der Waals surface area contributed by atoms with E-state index < -0.39 is 17.2 Å². The second kappa shape index (κ2) is 15.2. The summed E-state index contributed by atoms with van der Waals surface area (Å²) in [7, 11) is 0. The van der Waals surface area contributed by atoms with Crippen LogP contribution in [-0.4, -0.2) is 50.0 Å². The lowest BCUT2D eigenvalue weighted by atomic mass is 9.79. The molecule has 8 aromatic rings. The minimum atomic E-state index is -1.39. The summed E-state index contributed by atoms with van der Waals surface area (Å²) in [5.74, 6) is 0.379.